The Hall–Kier alpha value is -0.850. The molecule has 1 saturated heterocycles. The number of nitrogens with one attached hydrogen (secondary N) is 2. The molecule has 4 bridgehead atoms. The van der Waals surface area contributed by atoms with Crippen molar-refractivity contribution in [3.05, 3.63) is 0 Å². The standard InChI is InChI=1S/C17H29N3O3/c18-17(13-4-11-3-12(6-13)7-14(17)5-11)9-20-15(21)19-8-16(22)1-2-23-10-16/h11-14,22H,1-10,18H2,(H2,19,20,21). The van der Waals surface area contributed by atoms with Crippen molar-refractivity contribution in [3.8, 4) is 0 Å². The summed E-state index contributed by atoms with van der Waals surface area (Å²) in [6.45, 7) is 1.62. The van der Waals surface area contributed by atoms with Crippen LogP contribution in [0.1, 0.15) is 38.5 Å². The van der Waals surface area contributed by atoms with Gasteiger partial charge in [0.1, 0.15) is 5.60 Å². The van der Waals surface area contributed by atoms with E-state index < -0.39 is 5.60 Å². The second kappa shape index (κ2) is 5.60. The fourth-order valence-electron chi connectivity index (χ4n) is 5.63. The van der Waals surface area contributed by atoms with Crippen molar-refractivity contribution in [3.63, 3.8) is 0 Å². The third-order valence-corrected chi connectivity index (χ3v) is 6.87. The van der Waals surface area contributed by atoms with Crippen LogP contribution in [0.3, 0.4) is 0 Å². The van der Waals surface area contributed by atoms with Gasteiger partial charge in [0.2, 0.25) is 0 Å². The van der Waals surface area contributed by atoms with Crippen molar-refractivity contribution in [1.82, 2.24) is 10.6 Å². The molecule has 0 aromatic carbocycles. The van der Waals surface area contributed by atoms with Crippen LogP contribution in [0.2, 0.25) is 0 Å². The normalized spacial score (nSPS) is 47.7. The number of urea groups is 1. The Morgan fingerprint density at radius 3 is 2.26 bits per heavy atom. The summed E-state index contributed by atoms with van der Waals surface area (Å²) in [7, 11) is 0. The summed E-state index contributed by atoms with van der Waals surface area (Å²) >= 11 is 0. The zero-order valence-corrected chi connectivity index (χ0v) is 13.7. The number of ether oxygens (including phenoxy) is 1. The highest BCUT2D eigenvalue weighted by atomic mass is 16.5. The molecule has 5 rings (SSSR count). The van der Waals surface area contributed by atoms with E-state index in [1.165, 1.54) is 32.1 Å². The van der Waals surface area contributed by atoms with Crippen LogP contribution in [0.15, 0.2) is 0 Å². The minimum Gasteiger partial charge on any atom is -0.386 e. The Kier molecular flexibility index (Phi) is 3.82. The molecule has 130 valence electrons. The van der Waals surface area contributed by atoms with E-state index in [1.807, 2.05) is 0 Å². The van der Waals surface area contributed by atoms with Gasteiger partial charge in [0, 0.05) is 25.1 Å². The van der Waals surface area contributed by atoms with E-state index in [1.54, 1.807) is 0 Å². The maximum absolute atomic E-state index is 12.1. The van der Waals surface area contributed by atoms with Gasteiger partial charge in [0.25, 0.3) is 0 Å². The van der Waals surface area contributed by atoms with Gasteiger partial charge in [-0.05, 0) is 55.8 Å². The van der Waals surface area contributed by atoms with Crippen LogP contribution in [0, 0.1) is 23.7 Å². The molecule has 6 nitrogen and oxygen atoms in total. The van der Waals surface area contributed by atoms with Gasteiger partial charge in [-0.15, -0.1) is 0 Å². The van der Waals surface area contributed by atoms with E-state index in [4.69, 9.17) is 10.5 Å². The molecule has 4 saturated carbocycles. The highest BCUT2D eigenvalue weighted by molar-refractivity contribution is 5.74. The number of amides is 2. The Balaban J connectivity index is 1.29. The van der Waals surface area contributed by atoms with Crippen LogP contribution in [0.5, 0.6) is 0 Å². The zero-order chi connectivity index (χ0) is 16.1. The molecule has 1 aliphatic heterocycles. The SMILES string of the molecule is NC1(CNC(=O)NCC2(O)CCOC2)C2CC3CC(C2)CC1C3. The smallest absolute Gasteiger partial charge is 0.314 e. The van der Waals surface area contributed by atoms with Crippen LogP contribution in [0.4, 0.5) is 4.79 Å². The van der Waals surface area contributed by atoms with Crippen LogP contribution in [0.25, 0.3) is 0 Å². The van der Waals surface area contributed by atoms with Crippen LogP contribution >= 0.6 is 0 Å². The molecule has 6 heteroatoms. The lowest BCUT2D eigenvalue weighted by molar-refractivity contribution is -0.0530. The highest BCUT2D eigenvalue weighted by Gasteiger charge is 2.55. The molecular weight excluding hydrogens is 294 g/mol. The summed E-state index contributed by atoms with van der Waals surface area (Å²) in [5.74, 6) is 2.87. The van der Waals surface area contributed by atoms with Gasteiger partial charge in [-0.3, -0.25) is 0 Å². The molecule has 2 amide bonds. The van der Waals surface area contributed by atoms with Crippen LogP contribution in [-0.4, -0.2) is 48.6 Å². The van der Waals surface area contributed by atoms with E-state index in [2.05, 4.69) is 10.6 Å². The Morgan fingerprint density at radius 1 is 1.09 bits per heavy atom. The fraction of sp³-hybridized carbons (Fsp3) is 0.941. The van der Waals surface area contributed by atoms with Gasteiger partial charge in [-0.2, -0.15) is 0 Å². The van der Waals surface area contributed by atoms with Crippen molar-refractivity contribution in [2.75, 3.05) is 26.3 Å². The minimum atomic E-state index is -0.916. The van der Waals surface area contributed by atoms with E-state index in [0.29, 0.717) is 38.0 Å². The first-order chi connectivity index (χ1) is 11.0. The van der Waals surface area contributed by atoms with Crippen molar-refractivity contribution in [2.45, 2.75) is 49.7 Å². The molecule has 0 radical (unpaired) electrons. The first-order valence-corrected chi connectivity index (χ1v) is 9.07. The summed E-state index contributed by atoms with van der Waals surface area (Å²) in [6, 6.07) is -0.232. The number of carbonyl (C=O) groups is 1. The summed E-state index contributed by atoms with van der Waals surface area (Å²) in [4.78, 5) is 12.1. The van der Waals surface area contributed by atoms with Gasteiger partial charge >= 0.3 is 6.03 Å². The number of hydrogen-bond acceptors (Lipinski definition) is 4. The van der Waals surface area contributed by atoms with E-state index >= 15 is 0 Å². The molecule has 1 unspecified atom stereocenters. The number of nitrogens with two attached hydrogens (primary N) is 1. The fourth-order valence-corrected chi connectivity index (χ4v) is 5.63. The Labute approximate surface area is 137 Å². The molecule has 1 heterocycles. The molecule has 0 spiro atoms. The second-order valence-corrected chi connectivity index (χ2v) is 8.48. The lowest BCUT2D eigenvalue weighted by Gasteiger charge is -2.59. The van der Waals surface area contributed by atoms with Gasteiger partial charge in [-0.25, -0.2) is 4.79 Å². The first kappa shape index (κ1) is 15.7. The van der Waals surface area contributed by atoms with Crippen molar-refractivity contribution >= 4 is 6.03 Å². The molecule has 1 atom stereocenters. The molecule has 5 N–H and O–H groups in total. The van der Waals surface area contributed by atoms with Gasteiger partial charge in [0.15, 0.2) is 0 Å². The third kappa shape index (κ3) is 2.85. The minimum absolute atomic E-state index is 0.230. The number of hydrogen-bond donors (Lipinski definition) is 4. The number of carbonyl (C=O) groups excluding carboxylic acids is 1. The molecule has 0 aromatic heterocycles. The maximum Gasteiger partial charge on any atom is 0.314 e. The van der Waals surface area contributed by atoms with Crippen LogP contribution in [-0.2, 0) is 4.74 Å². The van der Waals surface area contributed by atoms with E-state index in [0.717, 1.165) is 11.8 Å². The molecule has 0 aromatic rings. The Bertz CT molecular complexity index is 448. The van der Waals surface area contributed by atoms with E-state index in [9.17, 15) is 9.90 Å². The highest BCUT2D eigenvalue weighted by Crippen LogP contribution is 2.57. The van der Waals surface area contributed by atoms with Crippen LogP contribution < -0.4 is 16.4 Å². The average Bonchev–Trinajstić information content (AvgIpc) is 2.95. The topological polar surface area (TPSA) is 96.6 Å². The zero-order valence-electron chi connectivity index (χ0n) is 13.7. The van der Waals surface area contributed by atoms with Gasteiger partial charge in [0.05, 0.1) is 13.2 Å². The average molecular weight is 323 g/mol. The molecular formula is C17H29N3O3. The van der Waals surface area contributed by atoms with E-state index in [-0.39, 0.29) is 18.1 Å². The van der Waals surface area contributed by atoms with Crippen molar-refractivity contribution in [1.29, 1.82) is 0 Å². The predicted octanol–water partition coefficient (Wildman–Crippen LogP) is 0.591. The molecule has 5 fully saturated rings. The predicted molar refractivity (Wildman–Crippen MR) is 85.8 cm³/mol. The number of aliphatic hydroxyl groups is 1. The first-order valence-electron chi connectivity index (χ1n) is 9.07. The second-order valence-electron chi connectivity index (χ2n) is 8.48. The Morgan fingerprint density at radius 2 is 1.70 bits per heavy atom. The summed E-state index contributed by atoms with van der Waals surface area (Å²) < 4.78 is 5.19. The van der Waals surface area contributed by atoms with Gasteiger partial charge in [-0.1, -0.05) is 0 Å². The van der Waals surface area contributed by atoms with Crippen molar-refractivity contribution in [2.24, 2.45) is 29.4 Å². The lowest BCUT2D eigenvalue weighted by Crippen LogP contribution is -2.67. The quantitative estimate of drug-likeness (QED) is 0.609. The van der Waals surface area contributed by atoms with Crippen molar-refractivity contribution < 1.29 is 14.6 Å². The summed E-state index contributed by atoms with van der Waals surface area (Å²) in [5.41, 5.74) is 5.62. The lowest BCUT2D eigenvalue weighted by atomic mass is 9.49. The number of rotatable bonds is 4. The molecule has 4 aliphatic carbocycles. The summed E-state index contributed by atoms with van der Waals surface area (Å²) in [6.07, 6.45) is 6.93. The van der Waals surface area contributed by atoms with Gasteiger partial charge < -0.3 is 26.2 Å². The monoisotopic (exact) mass is 323 g/mol. The maximum atomic E-state index is 12.1. The largest absolute Gasteiger partial charge is 0.386 e. The third-order valence-electron chi connectivity index (χ3n) is 6.87. The summed E-state index contributed by atoms with van der Waals surface area (Å²) in [5, 5.41) is 15.9. The molecule has 23 heavy (non-hydrogen) atoms. The molecule has 5 aliphatic rings.